The van der Waals surface area contributed by atoms with Gasteiger partial charge in [0, 0.05) is 77.3 Å². The lowest BCUT2D eigenvalue weighted by Gasteiger charge is -2.23. The van der Waals surface area contributed by atoms with Crippen LogP contribution in [0.1, 0.15) is 30.8 Å². The van der Waals surface area contributed by atoms with Gasteiger partial charge in [0.05, 0.1) is 5.69 Å². The van der Waals surface area contributed by atoms with Crippen molar-refractivity contribution in [1.82, 2.24) is 19.9 Å². The lowest BCUT2D eigenvalue weighted by molar-refractivity contribution is 0.0691. The van der Waals surface area contributed by atoms with Crippen molar-refractivity contribution in [3.63, 3.8) is 0 Å². The van der Waals surface area contributed by atoms with E-state index < -0.39 is 5.97 Å². The summed E-state index contributed by atoms with van der Waals surface area (Å²) in [5, 5.41) is 10.7. The molecule has 3 heterocycles. The van der Waals surface area contributed by atoms with Crippen molar-refractivity contribution >= 4 is 39.5 Å². The first-order valence-corrected chi connectivity index (χ1v) is 12.3. The van der Waals surface area contributed by atoms with Crippen LogP contribution in [0.15, 0.2) is 36.5 Å². The van der Waals surface area contributed by atoms with Crippen LogP contribution in [0.3, 0.4) is 0 Å². The standard InChI is InChI=1S/C24H28N6O3.C3H8O/c1-5-30(11-6-12-33-4)24-27-20(16-7-8-17-15(13-16)9-10-25-17)22-21(28-24)19(29(2)3)14-18(26-22)23(31)32;1-3-4-2/h7-10,13-14,25H,5-6,11-12H2,1-4H3,(H,31,32);3H2,1-2H3. The summed E-state index contributed by atoms with van der Waals surface area (Å²) in [5.41, 5.74) is 4.18. The summed E-state index contributed by atoms with van der Waals surface area (Å²) >= 11 is 0. The molecule has 2 N–H and O–H groups in total. The minimum absolute atomic E-state index is 0.0426. The second-order valence-electron chi connectivity index (χ2n) is 8.58. The van der Waals surface area contributed by atoms with Gasteiger partial charge in [0.15, 0.2) is 5.69 Å². The Morgan fingerprint density at radius 3 is 2.41 bits per heavy atom. The van der Waals surface area contributed by atoms with E-state index in [4.69, 9.17) is 14.7 Å². The summed E-state index contributed by atoms with van der Waals surface area (Å²) in [6.45, 7) is 6.95. The van der Waals surface area contributed by atoms with E-state index in [1.807, 2.05) is 56.4 Å². The fraction of sp³-hybridized carbons (Fsp3) is 0.407. The Bertz CT molecular complexity index is 1340. The molecule has 3 aromatic heterocycles. The number of rotatable bonds is 10. The number of fused-ring (bicyclic) bond motifs is 2. The van der Waals surface area contributed by atoms with E-state index >= 15 is 0 Å². The molecule has 0 radical (unpaired) electrons. The van der Waals surface area contributed by atoms with Gasteiger partial charge in [0.1, 0.15) is 16.7 Å². The highest BCUT2D eigenvalue weighted by Crippen LogP contribution is 2.34. The third-order valence-electron chi connectivity index (χ3n) is 5.88. The molecular weight excluding hydrogens is 472 g/mol. The second kappa shape index (κ2) is 13.0. The smallest absolute Gasteiger partial charge is 0.354 e. The minimum atomic E-state index is -1.09. The van der Waals surface area contributed by atoms with Gasteiger partial charge in [0.25, 0.3) is 0 Å². The van der Waals surface area contributed by atoms with Crippen LogP contribution in [0.25, 0.3) is 33.2 Å². The highest BCUT2D eigenvalue weighted by atomic mass is 16.5. The van der Waals surface area contributed by atoms with Gasteiger partial charge in [-0.2, -0.15) is 0 Å². The molecule has 1 aromatic carbocycles. The molecule has 0 unspecified atom stereocenters. The normalized spacial score (nSPS) is 10.9. The number of pyridine rings is 1. The lowest BCUT2D eigenvalue weighted by atomic mass is 10.1. The topological polar surface area (TPSA) is 117 Å². The van der Waals surface area contributed by atoms with Crippen molar-refractivity contribution in [1.29, 1.82) is 0 Å². The van der Waals surface area contributed by atoms with Gasteiger partial charge in [0.2, 0.25) is 5.95 Å². The zero-order chi connectivity index (χ0) is 26.9. The average Bonchev–Trinajstić information content (AvgIpc) is 3.38. The van der Waals surface area contributed by atoms with Crippen LogP contribution in [0, 0.1) is 0 Å². The second-order valence-corrected chi connectivity index (χ2v) is 8.58. The number of benzene rings is 1. The van der Waals surface area contributed by atoms with Crippen molar-refractivity contribution < 1.29 is 19.4 Å². The predicted molar refractivity (Wildman–Crippen MR) is 148 cm³/mol. The number of ether oxygens (including phenoxy) is 2. The number of nitrogens with zero attached hydrogens (tertiary/aromatic N) is 5. The van der Waals surface area contributed by atoms with Crippen molar-refractivity contribution in [3.8, 4) is 11.3 Å². The molecule has 4 rings (SSSR count). The number of aromatic nitrogens is 4. The molecule has 0 amide bonds. The van der Waals surface area contributed by atoms with E-state index in [2.05, 4.69) is 26.5 Å². The van der Waals surface area contributed by atoms with Crippen molar-refractivity contribution in [2.24, 2.45) is 0 Å². The number of carboxylic acid groups (broad SMARTS) is 1. The molecule has 0 saturated heterocycles. The molecule has 0 atom stereocenters. The maximum absolute atomic E-state index is 11.8. The number of aromatic carboxylic acids is 1. The van der Waals surface area contributed by atoms with E-state index in [1.54, 1.807) is 20.3 Å². The number of carboxylic acids is 1. The number of methoxy groups -OCH3 is 2. The van der Waals surface area contributed by atoms with E-state index in [0.717, 1.165) is 42.6 Å². The molecule has 0 fully saturated rings. The molecule has 0 bridgehead atoms. The fourth-order valence-corrected chi connectivity index (χ4v) is 3.87. The molecule has 10 nitrogen and oxygen atoms in total. The molecular formula is C27H36N6O4. The SMILES string of the molecule is CCN(CCCOC)c1nc(-c2ccc3[nH]ccc3c2)c2nc(C(=O)O)cc(N(C)C)c2n1.CCOC. The summed E-state index contributed by atoms with van der Waals surface area (Å²) in [5.74, 6) is -0.510. The Morgan fingerprint density at radius 1 is 1.03 bits per heavy atom. The zero-order valence-corrected chi connectivity index (χ0v) is 22.4. The molecule has 0 spiro atoms. The monoisotopic (exact) mass is 508 g/mol. The van der Waals surface area contributed by atoms with E-state index in [-0.39, 0.29) is 5.69 Å². The van der Waals surface area contributed by atoms with Crippen LogP contribution in [0.5, 0.6) is 0 Å². The maximum Gasteiger partial charge on any atom is 0.354 e. The van der Waals surface area contributed by atoms with Crippen molar-refractivity contribution in [3.05, 3.63) is 42.2 Å². The Hall–Kier alpha value is -3.76. The molecule has 4 aromatic rings. The van der Waals surface area contributed by atoms with Gasteiger partial charge in [-0.05, 0) is 44.5 Å². The number of hydrogen-bond acceptors (Lipinski definition) is 8. The van der Waals surface area contributed by atoms with Gasteiger partial charge >= 0.3 is 5.97 Å². The third kappa shape index (κ3) is 6.52. The predicted octanol–water partition coefficient (Wildman–Crippen LogP) is 4.45. The lowest BCUT2D eigenvalue weighted by Crippen LogP contribution is -2.27. The average molecular weight is 509 g/mol. The number of carbonyl (C=O) groups is 1. The molecule has 0 aliphatic carbocycles. The van der Waals surface area contributed by atoms with Crippen LogP contribution in [0.2, 0.25) is 0 Å². The van der Waals surface area contributed by atoms with Crippen LogP contribution in [-0.4, -0.2) is 85.6 Å². The number of hydrogen-bond donors (Lipinski definition) is 2. The molecule has 0 aliphatic heterocycles. The van der Waals surface area contributed by atoms with Gasteiger partial charge in [-0.25, -0.2) is 19.7 Å². The minimum Gasteiger partial charge on any atom is -0.477 e. The number of H-pyrrole nitrogens is 1. The first-order chi connectivity index (χ1) is 17.8. The highest BCUT2D eigenvalue weighted by molar-refractivity contribution is 6.01. The summed E-state index contributed by atoms with van der Waals surface area (Å²) in [4.78, 5) is 33.2. The molecule has 0 saturated carbocycles. The molecule has 198 valence electrons. The molecule has 0 aliphatic rings. The van der Waals surface area contributed by atoms with E-state index in [9.17, 15) is 9.90 Å². The quantitative estimate of drug-likeness (QED) is 0.300. The number of aromatic amines is 1. The Morgan fingerprint density at radius 2 is 1.78 bits per heavy atom. The summed E-state index contributed by atoms with van der Waals surface area (Å²) in [6.07, 6.45) is 2.73. The Labute approximate surface area is 217 Å². The van der Waals surface area contributed by atoms with E-state index in [0.29, 0.717) is 35.0 Å². The van der Waals surface area contributed by atoms with Crippen molar-refractivity contribution in [2.45, 2.75) is 20.3 Å². The van der Waals surface area contributed by atoms with Gasteiger partial charge in [-0.1, -0.05) is 6.07 Å². The van der Waals surface area contributed by atoms with Gasteiger partial charge in [-0.3, -0.25) is 0 Å². The Balaban J connectivity index is 0.000000886. The first kappa shape index (κ1) is 27.8. The molecule has 10 heteroatoms. The van der Waals surface area contributed by atoms with Crippen LogP contribution in [0.4, 0.5) is 11.6 Å². The number of anilines is 2. The first-order valence-electron chi connectivity index (χ1n) is 12.3. The van der Waals surface area contributed by atoms with Crippen LogP contribution >= 0.6 is 0 Å². The summed E-state index contributed by atoms with van der Waals surface area (Å²) in [7, 11) is 7.10. The highest BCUT2D eigenvalue weighted by Gasteiger charge is 2.21. The maximum atomic E-state index is 11.8. The summed E-state index contributed by atoms with van der Waals surface area (Å²) < 4.78 is 9.75. The van der Waals surface area contributed by atoms with Crippen molar-refractivity contribution in [2.75, 3.05) is 64.4 Å². The number of nitrogens with one attached hydrogen (secondary N) is 1. The third-order valence-corrected chi connectivity index (χ3v) is 5.88. The van der Waals surface area contributed by atoms with Gasteiger partial charge < -0.3 is 29.4 Å². The van der Waals surface area contributed by atoms with E-state index in [1.165, 1.54) is 0 Å². The van der Waals surface area contributed by atoms with Gasteiger partial charge in [-0.15, -0.1) is 0 Å². The summed E-state index contributed by atoms with van der Waals surface area (Å²) in [6, 6.07) is 9.54. The zero-order valence-electron chi connectivity index (χ0n) is 22.4. The largest absolute Gasteiger partial charge is 0.477 e. The van der Waals surface area contributed by atoms with Crippen LogP contribution in [-0.2, 0) is 9.47 Å². The Kier molecular flexibility index (Phi) is 9.76. The molecule has 37 heavy (non-hydrogen) atoms. The fourth-order valence-electron chi connectivity index (χ4n) is 3.87. The van der Waals surface area contributed by atoms with Crippen LogP contribution < -0.4 is 9.80 Å².